The number of hydrogen-bond acceptors (Lipinski definition) is 3. The molecule has 1 aromatic carbocycles. The van der Waals surface area contributed by atoms with Gasteiger partial charge in [0.15, 0.2) is 11.5 Å². The van der Waals surface area contributed by atoms with Gasteiger partial charge < -0.3 is 14.8 Å². The third-order valence-corrected chi connectivity index (χ3v) is 4.15. The standard InChI is InChI=1S/C18H29NO2/c1-4-11-19-16-9-7-14(12-16)15-8-10-17(20-5-2)18(13-15)21-6-3/h8,10,13-14,16,19H,4-7,9,11-12H2,1-3H3. The van der Waals surface area contributed by atoms with Crippen molar-refractivity contribution in [2.45, 2.75) is 58.4 Å². The van der Waals surface area contributed by atoms with E-state index >= 15 is 0 Å². The van der Waals surface area contributed by atoms with Crippen molar-refractivity contribution in [1.29, 1.82) is 0 Å². The molecule has 0 radical (unpaired) electrons. The van der Waals surface area contributed by atoms with Crippen molar-refractivity contribution >= 4 is 0 Å². The van der Waals surface area contributed by atoms with E-state index in [-0.39, 0.29) is 0 Å². The van der Waals surface area contributed by atoms with Gasteiger partial charge in [0, 0.05) is 6.04 Å². The van der Waals surface area contributed by atoms with Crippen LogP contribution < -0.4 is 14.8 Å². The molecular weight excluding hydrogens is 262 g/mol. The quantitative estimate of drug-likeness (QED) is 0.781. The van der Waals surface area contributed by atoms with E-state index in [2.05, 4.69) is 30.4 Å². The maximum absolute atomic E-state index is 5.74. The van der Waals surface area contributed by atoms with Crippen molar-refractivity contribution < 1.29 is 9.47 Å². The molecule has 1 N–H and O–H groups in total. The highest BCUT2D eigenvalue weighted by molar-refractivity contribution is 5.44. The first-order chi connectivity index (χ1) is 10.3. The molecular formula is C18H29NO2. The van der Waals surface area contributed by atoms with Crippen LogP contribution in [0.3, 0.4) is 0 Å². The molecule has 0 spiro atoms. The zero-order valence-electron chi connectivity index (χ0n) is 13.7. The Labute approximate surface area is 129 Å². The van der Waals surface area contributed by atoms with E-state index in [9.17, 15) is 0 Å². The fraction of sp³-hybridized carbons (Fsp3) is 0.667. The van der Waals surface area contributed by atoms with Crippen molar-refractivity contribution in [3.8, 4) is 11.5 Å². The lowest BCUT2D eigenvalue weighted by Gasteiger charge is -2.16. The van der Waals surface area contributed by atoms with Gasteiger partial charge in [0.05, 0.1) is 13.2 Å². The van der Waals surface area contributed by atoms with E-state index in [4.69, 9.17) is 9.47 Å². The Morgan fingerprint density at radius 3 is 2.52 bits per heavy atom. The lowest BCUT2D eigenvalue weighted by atomic mass is 9.97. The highest BCUT2D eigenvalue weighted by atomic mass is 16.5. The van der Waals surface area contributed by atoms with Crippen LogP contribution in [0.2, 0.25) is 0 Å². The van der Waals surface area contributed by atoms with Crippen molar-refractivity contribution in [3.63, 3.8) is 0 Å². The van der Waals surface area contributed by atoms with Gasteiger partial charge in [0.2, 0.25) is 0 Å². The molecule has 1 fully saturated rings. The molecule has 1 aliphatic rings. The van der Waals surface area contributed by atoms with E-state index < -0.39 is 0 Å². The number of hydrogen-bond donors (Lipinski definition) is 1. The van der Waals surface area contributed by atoms with Gasteiger partial charge in [-0.1, -0.05) is 13.0 Å². The van der Waals surface area contributed by atoms with Gasteiger partial charge in [-0.25, -0.2) is 0 Å². The summed E-state index contributed by atoms with van der Waals surface area (Å²) in [4.78, 5) is 0. The highest BCUT2D eigenvalue weighted by Gasteiger charge is 2.26. The van der Waals surface area contributed by atoms with E-state index in [0.717, 1.165) is 18.0 Å². The molecule has 0 bridgehead atoms. The van der Waals surface area contributed by atoms with Crippen LogP contribution in [0.5, 0.6) is 11.5 Å². The molecule has 3 heteroatoms. The summed E-state index contributed by atoms with van der Waals surface area (Å²) in [5.41, 5.74) is 1.39. The Hall–Kier alpha value is -1.22. The minimum Gasteiger partial charge on any atom is -0.490 e. The van der Waals surface area contributed by atoms with E-state index in [0.29, 0.717) is 25.2 Å². The number of benzene rings is 1. The second-order valence-corrected chi connectivity index (χ2v) is 5.73. The summed E-state index contributed by atoms with van der Waals surface area (Å²) in [5.74, 6) is 2.40. The Bertz CT molecular complexity index is 433. The lowest BCUT2D eigenvalue weighted by Crippen LogP contribution is -2.26. The molecule has 0 aliphatic heterocycles. The Morgan fingerprint density at radius 2 is 1.81 bits per heavy atom. The molecule has 21 heavy (non-hydrogen) atoms. The summed E-state index contributed by atoms with van der Waals surface area (Å²) in [5, 5.41) is 3.65. The molecule has 2 unspecified atom stereocenters. The Morgan fingerprint density at radius 1 is 1.05 bits per heavy atom. The minimum absolute atomic E-state index is 0.647. The van der Waals surface area contributed by atoms with Crippen LogP contribution in [0, 0.1) is 0 Å². The van der Waals surface area contributed by atoms with Gasteiger partial charge in [0.25, 0.3) is 0 Å². The molecule has 2 atom stereocenters. The molecule has 118 valence electrons. The first-order valence-electron chi connectivity index (χ1n) is 8.41. The van der Waals surface area contributed by atoms with Crippen molar-refractivity contribution in [3.05, 3.63) is 23.8 Å². The second kappa shape index (κ2) is 8.28. The third kappa shape index (κ3) is 4.37. The van der Waals surface area contributed by atoms with Gasteiger partial charge in [-0.3, -0.25) is 0 Å². The van der Waals surface area contributed by atoms with Crippen LogP contribution >= 0.6 is 0 Å². The SMILES string of the molecule is CCCNC1CCC(c2ccc(OCC)c(OCC)c2)C1. The van der Waals surface area contributed by atoms with Gasteiger partial charge in [-0.05, 0) is 69.7 Å². The average molecular weight is 291 g/mol. The summed E-state index contributed by atoms with van der Waals surface area (Å²) < 4.78 is 11.4. The van der Waals surface area contributed by atoms with Crippen molar-refractivity contribution in [2.75, 3.05) is 19.8 Å². The predicted molar refractivity (Wildman–Crippen MR) is 87.5 cm³/mol. The molecule has 0 amide bonds. The van der Waals surface area contributed by atoms with Crippen LogP contribution in [0.15, 0.2) is 18.2 Å². The van der Waals surface area contributed by atoms with Crippen LogP contribution in [0.1, 0.15) is 57.9 Å². The van der Waals surface area contributed by atoms with E-state index in [1.165, 1.54) is 31.2 Å². The summed E-state index contributed by atoms with van der Waals surface area (Å²) in [6, 6.07) is 7.13. The molecule has 0 saturated heterocycles. The van der Waals surface area contributed by atoms with E-state index in [1.807, 2.05) is 13.8 Å². The zero-order valence-corrected chi connectivity index (χ0v) is 13.7. The maximum Gasteiger partial charge on any atom is 0.161 e. The van der Waals surface area contributed by atoms with Crippen LogP contribution in [-0.2, 0) is 0 Å². The summed E-state index contributed by atoms with van der Waals surface area (Å²) in [7, 11) is 0. The van der Waals surface area contributed by atoms with Gasteiger partial charge in [0.1, 0.15) is 0 Å². The summed E-state index contributed by atoms with van der Waals surface area (Å²) in [6.45, 7) is 8.72. The average Bonchev–Trinajstić information content (AvgIpc) is 2.96. The summed E-state index contributed by atoms with van der Waals surface area (Å²) in [6.07, 6.45) is 4.99. The molecule has 0 aromatic heterocycles. The highest BCUT2D eigenvalue weighted by Crippen LogP contribution is 2.38. The van der Waals surface area contributed by atoms with Crippen molar-refractivity contribution in [2.24, 2.45) is 0 Å². The molecule has 2 rings (SSSR count). The fourth-order valence-electron chi connectivity index (χ4n) is 3.14. The molecule has 1 aliphatic carbocycles. The molecule has 3 nitrogen and oxygen atoms in total. The number of rotatable bonds is 8. The second-order valence-electron chi connectivity index (χ2n) is 5.73. The number of nitrogens with one attached hydrogen (secondary N) is 1. The normalized spacial score (nSPS) is 21.5. The topological polar surface area (TPSA) is 30.5 Å². The first-order valence-corrected chi connectivity index (χ1v) is 8.41. The fourth-order valence-corrected chi connectivity index (χ4v) is 3.14. The van der Waals surface area contributed by atoms with Gasteiger partial charge in [-0.15, -0.1) is 0 Å². The van der Waals surface area contributed by atoms with Crippen LogP contribution in [0.4, 0.5) is 0 Å². The van der Waals surface area contributed by atoms with Gasteiger partial charge >= 0.3 is 0 Å². The molecule has 1 aromatic rings. The molecule has 0 heterocycles. The Balaban J connectivity index is 2.04. The monoisotopic (exact) mass is 291 g/mol. The van der Waals surface area contributed by atoms with Crippen LogP contribution in [-0.4, -0.2) is 25.8 Å². The van der Waals surface area contributed by atoms with Crippen LogP contribution in [0.25, 0.3) is 0 Å². The smallest absolute Gasteiger partial charge is 0.161 e. The maximum atomic E-state index is 5.74. The zero-order chi connectivity index (χ0) is 15.1. The van der Waals surface area contributed by atoms with Gasteiger partial charge in [-0.2, -0.15) is 0 Å². The summed E-state index contributed by atoms with van der Waals surface area (Å²) >= 11 is 0. The van der Waals surface area contributed by atoms with E-state index in [1.54, 1.807) is 0 Å². The number of ether oxygens (including phenoxy) is 2. The predicted octanol–water partition coefficient (Wildman–Crippen LogP) is 4.12. The largest absolute Gasteiger partial charge is 0.490 e. The first kappa shape index (κ1) is 16.2. The Kier molecular flexibility index (Phi) is 6.37. The molecule has 1 saturated carbocycles. The third-order valence-electron chi connectivity index (χ3n) is 4.15. The lowest BCUT2D eigenvalue weighted by molar-refractivity contribution is 0.287. The minimum atomic E-state index is 0.647. The van der Waals surface area contributed by atoms with Crippen molar-refractivity contribution in [1.82, 2.24) is 5.32 Å².